The fraction of sp³-hybridized carbons (Fsp3) is 0.686. The third-order valence-electron chi connectivity index (χ3n) is 8.49. The number of carbonyl (C=O) groups excluding carboxylic acids is 5. The first-order valence-electron chi connectivity index (χ1n) is 17.3. The van der Waals surface area contributed by atoms with Crippen molar-refractivity contribution in [2.24, 2.45) is 11.8 Å². The summed E-state index contributed by atoms with van der Waals surface area (Å²) in [6.45, 7) is 7.29. The third-order valence-corrected chi connectivity index (χ3v) is 8.49. The number of rotatable bonds is 21. The van der Waals surface area contributed by atoms with Crippen LogP contribution >= 0.6 is 0 Å². The predicted molar refractivity (Wildman–Crippen MR) is 180 cm³/mol. The number of amides is 4. The molecule has 2 aliphatic rings. The molecular weight excluding hydrogens is 656 g/mol. The molecule has 0 radical (unpaired) electrons. The Labute approximate surface area is 292 Å². The van der Waals surface area contributed by atoms with Crippen molar-refractivity contribution < 1.29 is 47.0 Å². The molecule has 4 amide bonds. The number of ketones is 1. The van der Waals surface area contributed by atoms with Crippen molar-refractivity contribution in [1.29, 1.82) is 0 Å². The molecule has 2 heterocycles. The maximum Gasteiger partial charge on any atom is 0.345 e. The number of benzene rings is 1. The van der Waals surface area contributed by atoms with E-state index in [0.717, 1.165) is 5.56 Å². The van der Waals surface area contributed by atoms with Crippen LogP contribution in [-0.4, -0.2) is 117 Å². The summed E-state index contributed by atoms with van der Waals surface area (Å²) in [5.74, 6) is -3.15. The lowest BCUT2D eigenvalue weighted by molar-refractivity contribution is -0.149. The van der Waals surface area contributed by atoms with E-state index < -0.39 is 60.7 Å². The number of morpholine rings is 1. The van der Waals surface area contributed by atoms with Crippen LogP contribution in [0.5, 0.6) is 0 Å². The van der Waals surface area contributed by atoms with Crippen LogP contribution in [0.15, 0.2) is 30.3 Å². The van der Waals surface area contributed by atoms with Gasteiger partial charge in [-0.2, -0.15) is 8.78 Å². The van der Waals surface area contributed by atoms with Crippen molar-refractivity contribution in [3.63, 3.8) is 0 Å². The number of nitrogens with zero attached hydrogens (tertiary/aromatic N) is 1. The van der Waals surface area contributed by atoms with Gasteiger partial charge in [-0.15, -0.1) is 0 Å². The highest BCUT2D eigenvalue weighted by atomic mass is 19.3. The Morgan fingerprint density at radius 3 is 1.94 bits per heavy atom. The van der Waals surface area contributed by atoms with E-state index in [4.69, 9.17) is 9.47 Å². The van der Waals surface area contributed by atoms with Crippen molar-refractivity contribution in [2.45, 2.75) is 96.7 Å². The molecule has 1 aromatic carbocycles. The fourth-order valence-corrected chi connectivity index (χ4v) is 5.62. The molecule has 2 aliphatic heterocycles. The highest BCUT2D eigenvalue weighted by Gasteiger charge is 2.50. The number of hydrogen-bond acceptors (Lipinski definition) is 9. The van der Waals surface area contributed by atoms with Crippen LogP contribution in [0, 0.1) is 11.8 Å². The number of aryl methyl sites for hydroxylation is 1. The molecule has 0 spiro atoms. The maximum atomic E-state index is 13.8. The highest BCUT2D eigenvalue weighted by molar-refractivity contribution is 5.98. The zero-order valence-electron chi connectivity index (χ0n) is 29.7. The van der Waals surface area contributed by atoms with Gasteiger partial charge in [0.25, 0.3) is 0 Å². The van der Waals surface area contributed by atoms with Gasteiger partial charge < -0.3 is 35.5 Å². The molecule has 0 bridgehead atoms. The second kappa shape index (κ2) is 19.8. The first-order chi connectivity index (χ1) is 23.7. The van der Waals surface area contributed by atoms with Gasteiger partial charge in [0.15, 0.2) is 5.78 Å². The second-order valence-electron chi connectivity index (χ2n) is 14.0. The lowest BCUT2D eigenvalue weighted by Crippen LogP contribution is -2.59. The van der Waals surface area contributed by atoms with Crippen LogP contribution in [0.1, 0.15) is 59.4 Å². The number of ether oxygens (including phenoxy) is 3. The molecule has 1 aromatic rings. The molecule has 3 rings (SSSR count). The first kappa shape index (κ1) is 40.9. The van der Waals surface area contributed by atoms with Crippen LogP contribution in [0.25, 0.3) is 0 Å². The summed E-state index contributed by atoms with van der Waals surface area (Å²) in [4.78, 5) is 68.9. The quantitative estimate of drug-likeness (QED) is 0.139. The van der Waals surface area contributed by atoms with Crippen molar-refractivity contribution in [3.8, 4) is 0 Å². The smallest absolute Gasteiger partial charge is 0.345 e. The zero-order chi connectivity index (χ0) is 36.8. The van der Waals surface area contributed by atoms with Gasteiger partial charge in [-0.1, -0.05) is 58.0 Å². The van der Waals surface area contributed by atoms with E-state index in [0.29, 0.717) is 32.7 Å². The minimum atomic E-state index is -3.23. The fourth-order valence-electron chi connectivity index (χ4n) is 5.62. The van der Waals surface area contributed by atoms with Gasteiger partial charge in [0.1, 0.15) is 23.7 Å². The molecule has 2 saturated heterocycles. The number of epoxide rings is 1. The molecule has 0 aliphatic carbocycles. The van der Waals surface area contributed by atoms with E-state index in [9.17, 15) is 32.8 Å². The lowest BCUT2D eigenvalue weighted by atomic mass is 9.93. The third kappa shape index (κ3) is 14.0. The molecule has 5 atom stereocenters. The summed E-state index contributed by atoms with van der Waals surface area (Å²) in [6.07, 6.45) is 1.10. The van der Waals surface area contributed by atoms with Crippen molar-refractivity contribution in [3.05, 3.63) is 35.9 Å². The number of alkyl halides is 2. The Balaban J connectivity index is 1.76. The van der Waals surface area contributed by atoms with Crippen molar-refractivity contribution in [1.82, 2.24) is 26.2 Å². The van der Waals surface area contributed by atoms with E-state index in [1.807, 2.05) is 62.9 Å². The Bertz CT molecular complexity index is 1270. The van der Waals surface area contributed by atoms with Crippen LogP contribution in [0.2, 0.25) is 0 Å². The molecule has 4 N–H and O–H groups in total. The normalized spacial score (nSPS) is 20.1. The average molecular weight is 710 g/mol. The summed E-state index contributed by atoms with van der Waals surface area (Å²) >= 11 is 0. The number of hydrogen-bond donors (Lipinski definition) is 4. The SMILES string of the molecule is CC(C)CC(NC(=O)[C@H](CCc1ccccc1)NC(=O)CN1CCOCC1)C(=O)N[C@@H](COC(F)F)C(=O)N[C@@H](CC(C)C)C(=O)[C@@]1(C)CO1. The molecular formula is C35H53F2N5O8. The average Bonchev–Trinajstić information content (AvgIpc) is 3.82. The predicted octanol–water partition coefficient (Wildman–Crippen LogP) is 1.58. The number of halogens is 2. The second-order valence-corrected chi connectivity index (χ2v) is 14.0. The molecule has 1 unspecified atom stereocenters. The zero-order valence-corrected chi connectivity index (χ0v) is 29.7. The molecule has 0 aromatic heterocycles. The van der Waals surface area contributed by atoms with Gasteiger partial charge in [-0.05, 0) is 50.0 Å². The van der Waals surface area contributed by atoms with E-state index >= 15 is 0 Å². The number of Topliss-reactive ketones (excluding diaryl/α,β-unsaturated/α-hetero) is 1. The lowest BCUT2D eigenvalue weighted by Gasteiger charge is -2.29. The van der Waals surface area contributed by atoms with E-state index in [2.05, 4.69) is 26.0 Å². The van der Waals surface area contributed by atoms with Crippen LogP contribution in [0.3, 0.4) is 0 Å². The van der Waals surface area contributed by atoms with Gasteiger partial charge in [0.05, 0.1) is 39.0 Å². The van der Waals surface area contributed by atoms with Crippen molar-refractivity contribution >= 4 is 29.4 Å². The Morgan fingerprint density at radius 1 is 0.820 bits per heavy atom. The largest absolute Gasteiger partial charge is 0.379 e. The molecule has 2 fully saturated rings. The Kier molecular flexibility index (Phi) is 16.2. The van der Waals surface area contributed by atoms with Crippen LogP contribution in [-0.2, 0) is 44.6 Å². The summed E-state index contributed by atoms with van der Waals surface area (Å²) in [5.41, 5.74) is -0.0969. The van der Waals surface area contributed by atoms with Crippen LogP contribution in [0.4, 0.5) is 8.78 Å². The van der Waals surface area contributed by atoms with E-state index in [1.165, 1.54) is 0 Å². The summed E-state index contributed by atoms with van der Waals surface area (Å²) in [7, 11) is 0. The minimum Gasteiger partial charge on any atom is -0.379 e. The maximum absolute atomic E-state index is 13.8. The number of nitrogens with one attached hydrogen (secondary N) is 4. The van der Waals surface area contributed by atoms with Gasteiger partial charge in [-0.25, -0.2) is 0 Å². The van der Waals surface area contributed by atoms with Gasteiger partial charge in [0, 0.05) is 13.1 Å². The topological polar surface area (TPSA) is 168 Å². The molecule has 280 valence electrons. The van der Waals surface area contributed by atoms with Gasteiger partial charge >= 0.3 is 6.61 Å². The van der Waals surface area contributed by atoms with Gasteiger partial charge in [0.2, 0.25) is 23.6 Å². The summed E-state index contributed by atoms with van der Waals surface area (Å²) in [6, 6.07) is 4.64. The number of carbonyl (C=O) groups is 5. The van der Waals surface area contributed by atoms with E-state index in [1.54, 1.807) is 6.92 Å². The van der Waals surface area contributed by atoms with Crippen LogP contribution < -0.4 is 21.3 Å². The van der Waals surface area contributed by atoms with Crippen molar-refractivity contribution in [2.75, 3.05) is 46.1 Å². The minimum absolute atomic E-state index is 0.00760. The highest BCUT2D eigenvalue weighted by Crippen LogP contribution is 2.29. The Hall–Kier alpha value is -3.53. The molecule has 0 saturated carbocycles. The first-order valence-corrected chi connectivity index (χ1v) is 17.3. The Morgan fingerprint density at radius 2 is 1.36 bits per heavy atom. The van der Waals surface area contributed by atoms with Gasteiger partial charge in [-0.3, -0.25) is 28.9 Å². The monoisotopic (exact) mass is 709 g/mol. The molecule has 15 heteroatoms. The molecule has 50 heavy (non-hydrogen) atoms. The summed E-state index contributed by atoms with van der Waals surface area (Å²) < 4.78 is 41.3. The standard InChI is InChI=1S/C35H53F2N5O8/c1-22(2)17-26(30(44)35(5)21-50-35)39-33(47)28(20-49-34(36)37)41-32(46)27(18-23(3)4)40-31(45)25(12-11-24-9-7-6-8-10-24)38-29(43)19-42-13-15-48-16-14-42/h6-10,22-23,25-28,34H,11-21H2,1-5H3,(H,38,43)(H,39,47)(H,40,45)(H,41,46)/t25-,26-,27?,28-,35+/m0/s1. The molecule has 13 nitrogen and oxygen atoms in total. The summed E-state index contributed by atoms with van der Waals surface area (Å²) in [5, 5.41) is 10.6. The van der Waals surface area contributed by atoms with E-state index in [-0.39, 0.29) is 55.9 Å².